The lowest BCUT2D eigenvalue weighted by molar-refractivity contribution is 0.0629. The molecule has 0 spiro atoms. The van der Waals surface area contributed by atoms with E-state index in [9.17, 15) is 8.78 Å². The monoisotopic (exact) mass is 428 g/mol. The number of fused-ring (bicyclic) bond motifs is 1. The Morgan fingerprint density at radius 1 is 0.806 bits per heavy atom. The molecule has 3 aliphatic rings. The molecule has 0 aromatic heterocycles. The maximum atomic E-state index is 14.6. The van der Waals surface area contributed by atoms with Gasteiger partial charge in [0.25, 0.3) is 0 Å². The van der Waals surface area contributed by atoms with Gasteiger partial charge in [-0.2, -0.15) is 0 Å². The van der Waals surface area contributed by atoms with Crippen molar-refractivity contribution >= 4 is 0 Å². The Morgan fingerprint density at radius 2 is 1.39 bits per heavy atom. The highest BCUT2D eigenvalue weighted by Crippen LogP contribution is 2.50. The molecule has 0 radical (unpaired) electrons. The Bertz CT molecular complexity index is 720. The zero-order valence-electron chi connectivity index (χ0n) is 19.7. The van der Waals surface area contributed by atoms with Crippen molar-refractivity contribution in [2.24, 2.45) is 29.6 Å². The van der Waals surface area contributed by atoms with Gasteiger partial charge in [-0.1, -0.05) is 31.9 Å². The fraction of sp³-hybridized carbons (Fsp3) is 0.724. The molecule has 3 saturated carbocycles. The van der Waals surface area contributed by atoms with Crippen LogP contribution in [0.3, 0.4) is 0 Å². The van der Waals surface area contributed by atoms with E-state index in [1.807, 2.05) is 19.1 Å². The molecular formula is C29H42F2. The van der Waals surface area contributed by atoms with Crippen LogP contribution in [-0.2, 0) is 6.42 Å². The van der Waals surface area contributed by atoms with Gasteiger partial charge in [-0.05, 0) is 131 Å². The largest absolute Gasteiger partial charge is 0.207 e. The van der Waals surface area contributed by atoms with Gasteiger partial charge < -0.3 is 0 Å². The summed E-state index contributed by atoms with van der Waals surface area (Å²) >= 11 is 0. The molecule has 0 amide bonds. The van der Waals surface area contributed by atoms with Crippen LogP contribution in [0.5, 0.6) is 0 Å². The number of hydrogen-bond donors (Lipinski definition) is 0. The summed E-state index contributed by atoms with van der Waals surface area (Å²) in [5, 5.41) is 0. The molecule has 0 nitrogen and oxygen atoms in total. The van der Waals surface area contributed by atoms with Crippen LogP contribution in [0.15, 0.2) is 24.3 Å². The molecule has 0 bridgehead atoms. The van der Waals surface area contributed by atoms with Gasteiger partial charge in [0.05, 0.1) is 0 Å². The lowest BCUT2D eigenvalue weighted by atomic mass is 9.60. The molecule has 31 heavy (non-hydrogen) atoms. The molecular weight excluding hydrogens is 386 g/mol. The third-order valence-electron chi connectivity index (χ3n) is 9.21. The summed E-state index contributed by atoms with van der Waals surface area (Å²) < 4.78 is 29.2. The Labute approximate surface area is 188 Å². The highest BCUT2D eigenvalue weighted by atomic mass is 19.1. The van der Waals surface area contributed by atoms with E-state index in [2.05, 4.69) is 6.92 Å². The summed E-state index contributed by atoms with van der Waals surface area (Å²) in [7, 11) is 0. The number of hydrogen-bond acceptors (Lipinski definition) is 0. The van der Waals surface area contributed by atoms with Gasteiger partial charge in [-0.25, -0.2) is 8.78 Å². The van der Waals surface area contributed by atoms with Crippen molar-refractivity contribution in [2.45, 2.75) is 103 Å². The predicted molar refractivity (Wildman–Crippen MR) is 126 cm³/mol. The van der Waals surface area contributed by atoms with Gasteiger partial charge >= 0.3 is 0 Å². The first-order valence-electron chi connectivity index (χ1n) is 13.2. The van der Waals surface area contributed by atoms with Gasteiger partial charge in [0.15, 0.2) is 0 Å². The summed E-state index contributed by atoms with van der Waals surface area (Å²) in [4.78, 5) is 0. The lowest BCUT2D eigenvalue weighted by Gasteiger charge is -2.45. The molecule has 3 fully saturated rings. The molecule has 0 saturated heterocycles. The van der Waals surface area contributed by atoms with Gasteiger partial charge in [-0.3, -0.25) is 0 Å². The molecule has 4 unspecified atom stereocenters. The lowest BCUT2D eigenvalue weighted by Crippen LogP contribution is -2.34. The maximum absolute atomic E-state index is 14.6. The first kappa shape index (κ1) is 23.0. The minimum atomic E-state index is -0.345. The molecule has 2 heteroatoms. The molecule has 0 N–H and O–H groups in total. The summed E-state index contributed by atoms with van der Waals surface area (Å²) in [6.45, 7) is 4.30. The van der Waals surface area contributed by atoms with E-state index in [1.165, 1.54) is 57.8 Å². The Morgan fingerprint density at radius 3 is 2.03 bits per heavy atom. The maximum Gasteiger partial charge on any atom is 0.129 e. The standard InChI is InChI=1S/C29H42F2/c1-3-5-6-7-27-28(30)18-26(19-29(27)31)22-12-10-21(11-13-22)24-15-14-23-16-20(4-2)8-9-25(23)17-24/h3,5,18-25H,4,6-17H2,1-2H3/b5-3+. The average molecular weight is 429 g/mol. The van der Waals surface area contributed by atoms with Crippen molar-refractivity contribution in [2.75, 3.05) is 0 Å². The molecule has 1 aromatic rings. The fourth-order valence-electron chi connectivity index (χ4n) is 7.24. The molecule has 3 aliphatic carbocycles. The summed E-state index contributed by atoms with van der Waals surface area (Å²) in [5.41, 5.74) is 1.15. The van der Waals surface area contributed by atoms with Crippen LogP contribution in [-0.4, -0.2) is 0 Å². The zero-order valence-corrected chi connectivity index (χ0v) is 19.7. The first-order valence-corrected chi connectivity index (χ1v) is 13.2. The number of halogens is 2. The summed E-state index contributed by atoms with van der Waals surface area (Å²) in [5.74, 6) is 4.37. The highest BCUT2D eigenvalue weighted by molar-refractivity contribution is 5.29. The van der Waals surface area contributed by atoms with E-state index in [0.29, 0.717) is 18.8 Å². The van der Waals surface area contributed by atoms with E-state index in [4.69, 9.17) is 0 Å². The second kappa shape index (κ2) is 10.6. The SMILES string of the molecule is C/C=C/CCc1c(F)cc(C2CCC(C3CCC4CC(CC)CCC4C3)CC2)cc1F. The van der Waals surface area contributed by atoms with Crippen molar-refractivity contribution in [3.63, 3.8) is 0 Å². The number of benzene rings is 1. The van der Waals surface area contributed by atoms with Crippen molar-refractivity contribution in [3.05, 3.63) is 47.0 Å². The number of allylic oxidation sites excluding steroid dienone is 2. The second-order valence-corrected chi connectivity index (χ2v) is 10.9. The highest BCUT2D eigenvalue weighted by Gasteiger charge is 2.38. The minimum absolute atomic E-state index is 0.255. The van der Waals surface area contributed by atoms with Crippen LogP contribution in [0, 0.1) is 41.2 Å². The van der Waals surface area contributed by atoms with Crippen molar-refractivity contribution < 1.29 is 8.78 Å². The Kier molecular flexibility index (Phi) is 7.88. The quantitative estimate of drug-likeness (QED) is 0.397. The van der Waals surface area contributed by atoms with Gasteiger partial charge in [0.2, 0.25) is 0 Å². The van der Waals surface area contributed by atoms with E-state index < -0.39 is 0 Å². The molecule has 0 aliphatic heterocycles. The van der Waals surface area contributed by atoms with Crippen LogP contribution in [0.25, 0.3) is 0 Å². The molecule has 1 aromatic carbocycles. The smallest absolute Gasteiger partial charge is 0.129 e. The zero-order chi connectivity index (χ0) is 21.8. The van der Waals surface area contributed by atoms with E-state index in [0.717, 1.165) is 48.0 Å². The van der Waals surface area contributed by atoms with Crippen LogP contribution >= 0.6 is 0 Å². The molecule has 4 rings (SSSR count). The van der Waals surface area contributed by atoms with Crippen LogP contribution < -0.4 is 0 Å². The van der Waals surface area contributed by atoms with Gasteiger partial charge in [-0.15, -0.1) is 0 Å². The Balaban J connectivity index is 1.31. The number of rotatable bonds is 6. The molecule has 172 valence electrons. The van der Waals surface area contributed by atoms with Crippen molar-refractivity contribution in [1.29, 1.82) is 0 Å². The second-order valence-electron chi connectivity index (χ2n) is 10.9. The first-order chi connectivity index (χ1) is 15.1. The van der Waals surface area contributed by atoms with Crippen LogP contribution in [0.4, 0.5) is 8.78 Å². The van der Waals surface area contributed by atoms with Crippen LogP contribution in [0.2, 0.25) is 0 Å². The predicted octanol–water partition coefficient (Wildman–Crippen LogP) is 8.99. The molecule has 0 heterocycles. The van der Waals surface area contributed by atoms with E-state index in [1.54, 1.807) is 12.1 Å². The Hall–Kier alpha value is -1.18. The fourth-order valence-corrected chi connectivity index (χ4v) is 7.24. The summed E-state index contributed by atoms with van der Waals surface area (Å²) in [6.07, 6.45) is 19.9. The normalized spacial score (nSPS) is 34.1. The van der Waals surface area contributed by atoms with Crippen LogP contribution in [0.1, 0.15) is 108 Å². The average Bonchev–Trinajstić information content (AvgIpc) is 2.80. The third-order valence-corrected chi connectivity index (χ3v) is 9.21. The van der Waals surface area contributed by atoms with Gasteiger partial charge in [0, 0.05) is 5.56 Å². The molecule has 4 atom stereocenters. The summed E-state index contributed by atoms with van der Waals surface area (Å²) in [6, 6.07) is 3.27. The van der Waals surface area contributed by atoms with Crippen molar-refractivity contribution in [1.82, 2.24) is 0 Å². The van der Waals surface area contributed by atoms with Crippen molar-refractivity contribution in [3.8, 4) is 0 Å². The van der Waals surface area contributed by atoms with E-state index in [-0.39, 0.29) is 17.2 Å². The van der Waals surface area contributed by atoms with E-state index >= 15 is 0 Å². The third kappa shape index (κ3) is 5.42. The minimum Gasteiger partial charge on any atom is -0.207 e. The van der Waals surface area contributed by atoms with Gasteiger partial charge in [0.1, 0.15) is 11.6 Å². The topological polar surface area (TPSA) is 0 Å².